The average molecular weight is 602 g/mol. The van der Waals surface area contributed by atoms with Gasteiger partial charge in [-0.25, -0.2) is 4.79 Å². The van der Waals surface area contributed by atoms with E-state index in [0.717, 1.165) is 16.5 Å². The van der Waals surface area contributed by atoms with Crippen molar-refractivity contribution in [3.63, 3.8) is 0 Å². The molecule has 13 N–H and O–H groups in total. The summed E-state index contributed by atoms with van der Waals surface area (Å²) in [7, 11) is 0. The van der Waals surface area contributed by atoms with Crippen molar-refractivity contribution in [2.45, 2.75) is 76.5 Å². The number of primary amides is 1. The molecule has 0 bridgehead atoms. The number of benzene rings is 1. The van der Waals surface area contributed by atoms with E-state index in [2.05, 4.69) is 25.9 Å². The minimum atomic E-state index is -1.30. The number of amides is 4. The smallest absolute Gasteiger partial charge is 0.326 e. The maximum atomic E-state index is 13.4. The third-order valence-electron chi connectivity index (χ3n) is 7.12. The van der Waals surface area contributed by atoms with Gasteiger partial charge in [0, 0.05) is 30.1 Å². The lowest BCUT2D eigenvalue weighted by Gasteiger charge is -2.28. The highest BCUT2D eigenvalue weighted by Crippen LogP contribution is 2.19. The number of rotatable bonds is 18. The molecule has 0 saturated heterocycles. The van der Waals surface area contributed by atoms with Gasteiger partial charge in [0.2, 0.25) is 23.6 Å². The molecule has 0 aliphatic rings. The Labute approximate surface area is 249 Å². The highest BCUT2D eigenvalue weighted by molar-refractivity contribution is 5.95. The number of aliphatic carboxylic acids is 1. The lowest BCUT2D eigenvalue weighted by molar-refractivity contribution is -0.142. The molecule has 0 aliphatic heterocycles. The van der Waals surface area contributed by atoms with Gasteiger partial charge >= 0.3 is 5.97 Å². The number of aromatic amines is 1. The van der Waals surface area contributed by atoms with Gasteiger partial charge in [-0.3, -0.25) is 24.2 Å². The van der Waals surface area contributed by atoms with Gasteiger partial charge in [0.25, 0.3) is 0 Å². The fourth-order valence-corrected chi connectivity index (χ4v) is 4.44. The second kappa shape index (κ2) is 16.7. The molecule has 2 aromatic rings. The number of carbonyl (C=O) groups is 5. The van der Waals surface area contributed by atoms with E-state index in [1.165, 1.54) is 0 Å². The minimum Gasteiger partial charge on any atom is -0.480 e. The minimum absolute atomic E-state index is 0.00814. The van der Waals surface area contributed by atoms with Crippen molar-refractivity contribution >= 4 is 46.5 Å². The number of aliphatic imine (C=N–C) groups is 1. The van der Waals surface area contributed by atoms with E-state index in [-0.39, 0.29) is 50.5 Å². The standard InChI is InChI=1S/C28H43N9O6/c1-3-15(2)23(37-24(39)18(29)13-16-14-34-19-8-5-4-7-17(16)19)26(41)35-20(10-11-22(30)38)25(40)36-21(27(42)43)9-6-12-33-28(31)32/h4-5,7-8,14-15,18,20-21,23,34H,3,6,9-13,29H2,1-2H3,(H2,30,38)(H,35,41)(H,36,40)(H,37,39)(H,42,43)(H4,31,32,33). The number of nitrogens with zero attached hydrogens (tertiary/aromatic N) is 1. The second-order valence-electron chi connectivity index (χ2n) is 10.5. The summed E-state index contributed by atoms with van der Waals surface area (Å²) in [6, 6.07) is 2.95. The van der Waals surface area contributed by atoms with Crippen molar-refractivity contribution in [2.75, 3.05) is 6.54 Å². The summed E-state index contributed by atoms with van der Waals surface area (Å²) >= 11 is 0. The number of para-hydroxylation sites is 1. The predicted octanol–water partition coefficient (Wildman–Crippen LogP) is -1.06. The fourth-order valence-electron chi connectivity index (χ4n) is 4.44. The first kappa shape index (κ1) is 34.5. The van der Waals surface area contributed by atoms with Crippen LogP contribution in [0.2, 0.25) is 0 Å². The molecule has 0 radical (unpaired) electrons. The first-order valence-corrected chi connectivity index (χ1v) is 14.1. The maximum Gasteiger partial charge on any atom is 0.326 e. The van der Waals surface area contributed by atoms with E-state index in [9.17, 15) is 29.1 Å². The van der Waals surface area contributed by atoms with Gasteiger partial charge < -0.3 is 49.0 Å². The van der Waals surface area contributed by atoms with Crippen LogP contribution in [0.4, 0.5) is 0 Å². The lowest BCUT2D eigenvalue weighted by Crippen LogP contribution is -2.58. The van der Waals surface area contributed by atoms with Crippen LogP contribution in [-0.2, 0) is 30.4 Å². The van der Waals surface area contributed by atoms with E-state index in [1.54, 1.807) is 13.1 Å². The highest BCUT2D eigenvalue weighted by Gasteiger charge is 2.32. The third-order valence-corrected chi connectivity index (χ3v) is 7.12. The quantitative estimate of drug-likeness (QED) is 0.0571. The summed E-state index contributed by atoms with van der Waals surface area (Å²) in [6.45, 7) is 3.74. The molecule has 0 spiro atoms. The molecule has 2 rings (SSSR count). The van der Waals surface area contributed by atoms with Crippen molar-refractivity contribution in [2.24, 2.45) is 33.8 Å². The van der Waals surface area contributed by atoms with E-state index in [4.69, 9.17) is 22.9 Å². The van der Waals surface area contributed by atoms with Crippen LogP contribution >= 0.6 is 0 Å². The largest absolute Gasteiger partial charge is 0.480 e. The highest BCUT2D eigenvalue weighted by atomic mass is 16.4. The van der Waals surface area contributed by atoms with Crippen LogP contribution in [-0.4, -0.2) is 76.4 Å². The van der Waals surface area contributed by atoms with Crippen molar-refractivity contribution in [1.82, 2.24) is 20.9 Å². The molecule has 1 aromatic heterocycles. The van der Waals surface area contributed by atoms with Crippen molar-refractivity contribution in [3.8, 4) is 0 Å². The molecule has 0 aliphatic carbocycles. The van der Waals surface area contributed by atoms with Gasteiger partial charge in [0.1, 0.15) is 18.1 Å². The van der Waals surface area contributed by atoms with Crippen LogP contribution in [0.5, 0.6) is 0 Å². The lowest BCUT2D eigenvalue weighted by atomic mass is 9.96. The van der Waals surface area contributed by atoms with E-state index in [0.29, 0.717) is 6.42 Å². The molecule has 5 unspecified atom stereocenters. The normalized spacial score (nSPS) is 14.5. The number of hydrogen-bond acceptors (Lipinski definition) is 7. The molecule has 5 atom stereocenters. The molecule has 0 fully saturated rings. The zero-order valence-electron chi connectivity index (χ0n) is 24.5. The van der Waals surface area contributed by atoms with Gasteiger partial charge in [-0.05, 0) is 43.2 Å². The Hall–Kier alpha value is -4.66. The molecule has 1 aromatic carbocycles. The molecular formula is C28H43N9O6. The Morgan fingerprint density at radius 3 is 2.26 bits per heavy atom. The van der Waals surface area contributed by atoms with Crippen molar-refractivity contribution in [3.05, 3.63) is 36.0 Å². The second-order valence-corrected chi connectivity index (χ2v) is 10.5. The first-order valence-electron chi connectivity index (χ1n) is 14.1. The Morgan fingerprint density at radius 2 is 1.63 bits per heavy atom. The number of nitrogens with two attached hydrogens (primary N) is 4. The summed E-state index contributed by atoms with van der Waals surface area (Å²) in [6.07, 6.45) is 2.33. The van der Waals surface area contributed by atoms with Crippen LogP contribution in [0.3, 0.4) is 0 Å². The summed E-state index contributed by atoms with van der Waals surface area (Å²) < 4.78 is 0. The Morgan fingerprint density at radius 1 is 0.953 bits per heavy atom. The maximum absolute atomic E-state index is 13.4. The van der Waals surface area contributed by atoms with Gasteiger partial charge in [0.05, 0.1) is 6.04 Å². The monoisotopic (exact) mass is 601 g/mol. The first-order chi connectivity index (χ1) is 20.3. The van der Waals surface area contributed by atoms with E-state index < -0.39 is 53.8 Å². The van der Waals surface area contributed by atoms with E-state index in [1.807, 2.05) is 31.2 Å². The molecule has 15 nitrogen and oxygen atoms in total. The Kier molecular flexibility index (Phi) is 13.4. The van der Waals surface area contributed by atoms with Crippen molar-refractivity contribution in [1.29, 1.82) is 0 Å². The fraction of sp³-hybridized carbons (Fsp3) is 0.500. The number of aromatic nitrogens is 1. The Bertz CT molecular complexity index is 1310. The molecule has 1 heterocycles. The van der Waals surface area contributed by atoms with Crippen LogP contribution in [0.1, 0.15) is 51.5 Å². The predicted molar refractivity (Wildman–Crippen MR) is 161 cm³/mol. The van der Waals surface area contributed by atoms with Gasteiger partial charge in [-0.15, -0.1) is 0 Å². The molecule has 0 saturated carbocycles. The van der Waals surface area contributed by atoms with Crippen molar-refractivity contribution < 1.29 is 29.1 Å². The van der Waals surface area contributed by atoms with E-state index >= 15 is 0 Å². The number of carbonyl (C=O) groups excluding carboxylic acids is 4. The van der Waals surface area contributed by atoms with Gasteiger partial charge in [-0.2, -0.15) is 0 Å². The molecular weight excluding hydrogens is 558 g/mol. The summed E-state index contributed by atoms with van der Waals surface area (Å²) in [5.41, 5.74) is 23.8. The molecule has 43 heavy (non-hydrogen) atoms. The number of hydrogen-bond donors (Lipinski definition) is 9. The average Bonchev–Trinajstić information content (AvgIpc) is 3.36. The van der Waals surface area contributed by atoms with Gasteiger partial charge in [-0.1, -0.05) is 38.5 Å². The molecule has 15 heteroatoms. The molecule has 4 amide bonds. The summed E-state index contributed by atoms with van der Waals surface area (Å²) in [4.78, 5) is 69.8. The van der Waals surface area contributed by atoms with Crippen LogP contribution in [0, 0.1) is 5.92 Å². The number of carboxylic acids is 1. The van der Waals surface area contributed by atoms with Crippen LogP contribution in [0.15, 0.2) is 35.5 Å². The Balaban J connectivity index is 2.14. The van der Waals surface area contributed by atoms with Gasteiger partial charge in [0.15, 0.2) is 5.96 Å². The number of carboxylic acid groups (broad SMARTS) is 1. The zero-order chi connectivity index (χ0) is 32.1. The zero-order valence-corrected chi connectivity index (χ0v) is 24.5. The van der Waals surface area contributed by atoms with Crippen LogP contribution in [0.25, 0.3) is 10.9 Å². The number of guanidine groups is 1. The van der Waals surface area contributed by atoms with Crippen LogP contribution < -0.4 is 38.9 Å². The number of fused-ring (bicyclic) bond motifs is 1. The third kappa shape index (κ3) is 10.9. The number of H-pyrrole nitrogens is 1. The number of nitrogens with one attached hydrogen (secondary N) is 4. The molecule has 236 valence electrons. The SMILES string of the molecule is CCC(C)C(NC(=O)C(N)Cc1c[nH]c2ccccc12)C(=O)NC(CCC(N)=O)C(=O)NC(CCCN=C(N)N)C(=O)O. The summed E-state index contributed by atoms with van der Waals surface area (Å²) in [5, 5.41) is 18.2. The summed E-state index contributed by atoms with van der Waals surface area (Å²) in [5.74, 6) is -4.59. The topological polar surface area (TPSA) is 274 Å².